The van der Waals surface area contributed by atoms with Gasteiger partial charge >= 0.3 is 0 Å². The van der Waals surface area contributed by atoms with Gasteiger partial charge in [0.05, 0.1) is 18.6 Å². The van der Waals surface area contributed by atoms with Crippen LogP contribution in [0.3, 0.4) is 0 Å². The first kappa shape index (κ1) is 11.9. The minimum Gasteiger partial charge on any atom is -0.386 e. The highest BCUT2D eigenvalue weighted by atomic mass is 16.3. The number of carbonyl (C=O) groups excluding carboxylic acids is 1. The first-order chi connectivity index (χ1) is 9.67. The second-order valence-corrected chi connectivity index (χ2v) is 5.91. The molecule has 1 saturated carbocycles. The summed E-state index contributed by atoms with van der Waals surface area (Å²) in [6.07, 6.45) is 3.92. The van der Waals surface area contributed by atoms with E-state index in [9.17, 15) is 9.90 Å². The van der Waals surface area contributed by atoms with Gasteiger partial charge in [-0.1, -0.05) is 12.1 Å². The van der Waals surface area contributed by atoms with Gasteiger partial charge in [0.25, 0.3) is 5.91 Å². The molecule has 1 aliphatic carbocycles. The molecule has 0 bridgehead atoms. The Hall–Kier alpha value is -1.94. The van der Waals surface area contributed by atoms with Crippen LogP contribution in [0, 0.1) is 5.92 Å². The third-order valence-electron chi connectivity index (χ3n) is 4.43. The number of hydrogen-bond acceptors (Lipinski definition) is 3. The zero-order valence-electron chi connectivity index (χ0n) is 11.1. The third kappa shape index (κ3) is 1.72. The number of rotatable bonds is 2. The summed E-state index contributed by atoms with van der Waals surface area (Å²) in [4.78, 5) is 18.6. The van der Waals surface area contributed by atoms with E-state index in [1.807, 2.05) is 30.3 Å². The highest BCUT2D eigenvalue weighted by Gasteiger charge is 2.53. The molecule has 4 nitrogen and oxygen atoms in total. The van der Waals surface area contributed by atoms with Crippen molar-refractivity contribution in [3.63, 3.8) is 0 Å². The minimum absolute atomic E-state index is 0.00562. The van der Waals surface area contributed by atoms with Crippen LogP contribution in [0.25, 0.3) is 10.9 Å². The topological polar surface area (TPSA) is 53.4 Å². The number of aliphatic hydroxyl groups is 1. The van der Waals surface area contributed by atoms with Crippen molar-refractivity contribution in [1.82, 2.24) is 9.88 Å². The summed E-state index contributed by atoms with van der Waals surface area (Å²) in [5.41, 5.74) is 0.878. The van der Waals surface area contributed by atoms with E-state index in [4.69, 9.17) is 0 Å². The van der Waals surface area contributed by atoms with Crippen molar-refractivity contribution >= 4 is 16.8 Å². The summed E-state index contributed by atoms with van der Waals surface area (Å²) in [6, 6.07) is 9.36. The molecule has 0 unspecified atom stereocenters. The Morgan fingerprint density at radius 3 is 2.80 bits per heavy atom. The molecule has 1 aromatic carbocycles. The van der Waals surface area contributed by atoms with Crippen molar-refractivity contribution in [3.8, 4) is 0 Å². The summed E-state index contributed by atoms with van der Waals surface area (Å²) in [5, 5.41) is 11.2. The van der Waals surface area contributed by atoms with Crippen molar-refractivity contribution < 1.29 is 9.90 Å². The number of pyridine rings is 1. The molecule has 0 atom stereocenters. The zero-order valence-corrected chi connectivity index (χ0v) is 11.1. The predicted molar refractivity (Wildman–Crippen MR) is 75.3 cm³/mol. The third-order valence-corrected chi connectivity index (χ3v) is 4.43. The molecule has 0 radical (unpaired) electrons. The van der Waals surface area contributed by atoms with E-state index in [1.165, 1.54) is 0 Å². The van der Waals surface area contributed by atoms with Crippen molar-refractivity contribution in [2.24, 2.45) is 5.92 Å². The van der Waals surface area contributed by atoms with Crippen LogP contribution < -0.4 is 0 Å². The van der Waals surface area contributed by atoms with E-state index in [0.717, 1.165) is 23.7 Å². The van der Waals surface area contributed by atoms with Gasteiger partial charge in [0.2, 0.25) is 0 Å². The smallest absolute Gasteiger partial charge is 0.254 e. The number of fused-ring (bicyclic) bond motifs is 1. The molecule has 1 amide bonds. The molecular formula is C16H16N2O2. The molecule has 4 heteroatoms. The maximum absolute atomic E-state index is 12.6. The number of benzene rings is 1. The number of carbonyl (C=O) groups is 1. The number of likely N-dealkylation sites (tertiary alicyclic amines) is 1. The Labute approximate surface area is 117 Å². The maximum Gasteiger partial charge on any atom is 0.254 e. The van der Waals surface area contributed by atoms with Crippen LogP contribution in [0.5, 0.6) is 0 Å². The van der Waals surface area contributed by atoms with E-state index in [1.54, 1.807) is 11.1 Å². The SMILES string of the molecule is O=C(c1cccc2ncccc12)N1CC(O)(C2CC2)C1. The molecule has 2 aliphatic rings. The van der Waals surface area contributed by atoms with Crippen LogP contribution in [0.2, 0.25) is 0 Å². The number of amides is 1. The Morgan fingerprint density at radius 1 is 1.25 bits per heavy atom. The van der Waals surface area contributed by atoms with Gasteiger partial charge in [0.1, 0.15) is 5.60 Å². The molecule has 1 aliphatic heterocycles. The minimum atomic E-state index is -0.626. The highest BCUT2D eigenvalue weighted by Crippen LogP contribution is 2.44. The van der Waals surface area contributed by atoms with Gasteiger partial charge in [-0.3, -0.25) is 9.78 Å². The van der Waals surface area contributed by atoms with Crippen molar-refractivity contribution in [2.75, 3.05) is 13.1 Å². The monoisotopic (exact) mass is 268 g/mol. The van der Waals surface area contributed by atoms with Gasteiger partial charge in [-0.25, -0.2) is 0 Å². The van der Waals surface area contributed by atoms with Gasteiger partial charge in [-0.15, -0.1) is 0 Å². The van der Waals surface area contributed by atoms with Gasteiger partial charge in [0.15, 0.2) is 0 Å². The number of β-amino-alcohol motifs (C(OH)–C–C–N with tert-alkyl or cyclic N) is 1. The predicted octanol–water partition coefficient (Wildman–Crippen LogP) is 1.83. The first-order valence-corrected chi connectivity index (χ1v) is 7.03. The normalized spacial score (nSPS) is 20.8. The lowest BCUT2D eigenvalue weighted by Crippen LogP contribution is -2.64. The average molecular weight is 268 g/mol. The Morgan fingerprint density at radius 2 is 2.05 bits per heavy atom. The highest BCUT2D eigenvalue weighted by molar-refractivity contribution is 6.06. The lowest BCUT2D eigenvalue weighted by Gasteiger charge is -2.47. The summed E-state index contributed by atoms with van der Waals surface area (Å²) in [6.45, 7) is 0.931. The fourth-order valence-corrected chi connectivity index (χ4v) is 3.10. The van der Waals surface area contributed by atoms with Gasteiger partial charge in [-0.05, 0) is 37.0 Å². The molecule has 1 saturated heterocycles. The van der Waals surface area contributed by atoms with Gasteiger partial charge in [-0.2, -0.15) is 0 Å². The van der Waals surface area contributed by atoms with E-state index < -0.39 is 5.60 Å². The van der Waals surface area contributed by atoms with Crippen LogP contribution in [0.4, 0.5) is 0 Å². The molecule has 20 heavy (non-hydrogen) atoms. The van der Waals surface area contributed by atoms with Crippen molar-refractivity contribution in [1.29, 1.82) is 0 Å². The Kier molecular flexibility index (Phi) is 2.39. The molecule has 1 N–H and O–H groups in total. The molecule has 0 spiro atoms. The molecule has 4 rings (SSSR count). The fraction of sp³-hybridized carbons (Fsp3) is 0.375. The molecule has 2 heterocycles. The molecule has 2 aromatic rings. The van der Waals surface area contributed by atoms with E-state index in [-0.39, 0.29) is 5.91 Å². The zero-order chi connectivity index (χ0) is 13.7. The van der Waals surface area contributed by atoms with Crippen molar-refractivity contribution in [2.45, 2.75) is 18.4 Å². The van der Waals surface area contributed by atoms with E-state index in [2.05, 4.69) is 4.98 Å². The molecule has 2 fully saturated rings. The molecule has 1 aromatic heterocycles. The number of aromatic nitrogens is 1. The largest absolute Gasteiger partial charge is 0.386 e. The van der Waals surface area contributed by atoms with Crippen LogP contribution in [-0.2, 0) is 0 Å². The summed E-state index contributed by atoms with van der Waals surface area (Å²) < 4.78 is 0. The Bertz CT molecular complexity index is 682. The van der Waals surface area contributed by atoms with E-state index >= 15 is 0 Å². The number of nitrogens with zero attached hydrogens (tertiary/aromatic N) is 2. The molecular weight excluding hydrogens is 252 g/mol. The van der Waals surface area contributed by atoms with E-state index in [0.29, 0.717) is 24.6 Å². The lowest BCUT2D eigenvalue weighted by atomic mass is 9.88. The lowest BCUT2D eigenvalue weighted by molar-refractivity contribution is -0.0957. The number of hydrogen-bond donors (Lipinski definition) is 1. The average Bonchev–Trinajstić information content (AvgIpc) is 3.27. The quantitative estimate of drug-likeness (QED) is 0.904. The van der Waals surface area contributed by atoms with Crippen LogP contribution in [-0.4, -0.2) is 39.6 Å². The fourth-order valence-electron chi connectivity index (χ4n) is 3.10. The standard InChI is InChI=1S/C16H16N2O2/c19-15(18-9-16(20,10-18)11-6-7-11)13-3-1-5-14-12(13)4-2-8-17-14/h1-5,8,11,20H,6-7,9-10H2. The van der Waals surface area contributed by atoms with Crippen molar-refractivity contribution in [3.05, 3.63) is 42.1 Å². The second-order valence-electron chi connectivity index (χ2n) is 5.91. The maximum atomic E-state index is 12.6. The van der Waals surface area contributed by atoms with Gasteiger partial charge < -0.3 is 10.0 Å². The second kappa shape index (κ2) is 4.03. The van der Waals surface area contributed by atoms with Crippen LogP contribution in [0.15, 0.2) is 36.5 Å². The molecule has 102 valence electrons. The van der Waals surface area contributed by atoms with Crippen LogP contribution >= 0.6 is 0 Å². The summed E-state index contributed by atoms with van der Waals surface area (Å²) in [5.74, 6) is 0.398. The summed E-state index contributed by atoms with van der Waals surface area (Å²) >= 11 is 0. The van der Waals surface area contributed by atoms with Crippen LogP contribution in [0.1, 0.15) is 23.2 Å². The van der Waals surface area contributed by atoms with Gasteiger partial charge in [0, 0.05) is 17.1 Å². The Balaban J connectivity index is 1.62. The summed E-state index contributed by atoms with van der Waals surface area (Å²) in [7, 11) is 0. The first-order valence-electron chi connectivity index (χ1n) is 7.03.